The second kappa shape index (κ2) is 12.4. The number of hydrazone groups is 1. The van der Waals surface area contributed by atoms with Gasteiger partial charge in [-0.3, -0.25) is 14.4 Å². The quantitative estimate of drug-likeness (QED) is 0.249. The van der Waals surface area contributed by atoms with Gasteiger partial charge in [0.2, 0.25) is 0 Å². The van der Waals surface area contributed by atoms with Gasteiger partial charge >= 0.3 is 11.8 Å². The monoisotopic (exact) mass is 498 g/mol. The minimum Gasteiger partial charge on any atom is -0.484 e. The van der Waals surface area contributed by atoms with Crippen molar-refractivity contribution in [3.63, 3.8) is 0 Å². The molecule has 0 aliphatic heterocycles. The minimum absolute atomic E-state index is 0.230. The molecule has 10 heteroatoms. The number of nitrogens with zero attached hydrogens (tertiary/aromatic N) is 1. The summed E-state index contributed by atoms with van der Waals surface area (Å²) >= 11 is 11.9. The Morgan fingerprint density at radius 3 is 2.47 bits per heavy atom. The number of halogens is 2. The maximum absolute atomic E-state index is 12.1. The third-order valence-corrected chi connectivity index (χ3v) is 4.86. The van der Waals surface area contributed by atoms with E-state index in [2.05, 4.69) is 21.2 Å². The molecule has 3 aromatic rings. The molecule has 174 valence electrons. The number of benzene rings is 3. The highest BCUT2D eigenvalue weighted by atomic mass is 35.5. The molecular weight excluding hydrogens is 479 g/mol. The molecule has 0 saturated heterocycles. The number of amides is 3. The minimum atomic E-state index is -0.892. The van der Waals surface area contributed by atoms with Crippen molar-refractivity contribution in [2.24, 2.45) is 5.10 Å². The molecule has 0 unspecified atom stereocenters. The van der Waals surface area contributed by atoms with E-state index in [1.807, 2.05) is 30.3 Å². The highest BCUT2D eigenvalue weighted by Gasteiger charge is 2.12. The third kappa shape index (κ3) is 7.91. The van der Waals surface area contributed by atoms with Gasteiger partial charge in [-0.15, -0.1) is 0 Å². The smallest absolute Gasteiger partial charge is 0.329 e. The number of nitrogens with one attached hydrogen (secondary N) is 3. The van der Waals surface area contributed by atoms with Gasteiger partial charge in [-0.1, -0.05) is 65.7 Å². The summed E-state index contributed by atoms with van der Waals surface area (Å²) in [4.78, 5) is 35.9. The van der Waals surface area contributed by atoms with E-state index in [0.717, 1.165) is 5.56 Å². The van der Waals surface area contributed by atoms with Gasteiger partial charge in [0.25, 0.3) is 5.91 Å². The number of rotatable bonds is 8. The number of carbonyl (C=O) groups is 3. The van der Waals surface area contributed by atoms with Gasteiger partial charge in [0.05, 0.1) is 16.9 Å². The Hall–Kier alpha value is -3.88. The van der Waals surface area contributed by atoms with Crippen molar-refractivity contribution in [3.05, 3.63) is 94.0 Å². The van der Waals surface area contributed by atoms with Gasteiger partial charge in [-0.2, -0.15) is 5.10 Å². The van der Waals surface area contributed by atoms with E-state index in [9.17, 15) is 14.4 Å². The highest BCUT2D eigenvalue weighted by Crippen LogP contribution is 2.25. The maximum atomic E-state index is 12.1. The predicted molar refractivity (Wildman–Crippen MR) is 131 cm³/mol. The number of anilines is 1. The molecule has 3 aromatic carbocycles. The zero-order valence-corrected chi connectivity index (χ0v) is 19.3. The van der Waals surface area contributed by atoms with E-state index in [4.69, 9.17) is 27.9 Å². The summed E-state index contributed by atoms with van der Waals surface area (Å²) in [5, 5.41) is 9.70. The third-order valence-electron chi connectivity index (χ3n) is 4.32. The fourth-order valence-electron chi connectivity index (χ4n) is 2.69. The van der Waals surface area contributed by atoms with Gasteiger partial charge < -0.3 is 15.4 Å². The van der Waals surface area contributed by atoms with E-state index < -0.39 is 17.7 Å². The first-order chi connectivity index (χ1) is 16.4. The van der Waals surface area contributed by atoms with E-state index >= 15 is 0 Å². The fourth-order valence-corrected chi connectivity index (χ4v) is 3.14. The molecule has 0 fully saturated rings. The molecule has 0 bridgehead atoms. The Balaban J connectivity index is 1.45. The van der Waals surface area contributed by atoms with Gasteiger partial charge in [0, 0.05) is 11.6 Å². The molecule has 0 atom stereocenters. The van der Waals surface area contributed by atoms with Crippen LogP contribution in [0.1, 0.15) is 11.1 Å². The van der Waals surface area contributed by atoms with Crippen molar-refractivity contribution in [2.75, 3.05) is 11.9 Å². The second-order valence-electron chi connectivity index (χ2n) is 6.90. The van der Waals surface area contributed by atoms with E-state index in [0.29, 0.717) is 27.0 Å². The van der Waals surface area contributed by atoms with Crippen molar-refractivity contribution in [1.29, 1.82) is 0 Å². The Bertz CT molecular complexity index is 1200. The Morgan fingerprint density at radius 2 is 1.71 bits per heavy atom. The summed E-state index contributed by atoms with van der Waals surface area (Å²) in [5.74, 6) is -1.69. The fraction of sp³-hybridized carbons (Fsp3) is 0.0833. The van der Waals surface area contributed by atoms with Crippen molar-refractivity contribution < 1.29 is 19.1 Å². The van der Waals surface area contributed by atoms with E-state index in [1.165, 1.54) is 12.3 Å². The van der Waals surface area contributed by atoms with Crippen LogP contribution in [0.3, 0.4) is 0 Å². The lowest BCUT2D eigenvalue weighted by molar-refractivity contribution is -0.139. The number of carbonyl (C=O) groups excluding carboxylic acids is 3. The summed E-state index contributed by atoms with van der Waals surface area (Å²) in [7, 11) is 0. The van der Waals surface area contributed by atoms with Crippen LogP contribution < -0.4 is 20.8 Å². The summed E-state index contributed by atoms with van der Waals surface area (Å²) in [6.45, 7) is -0.0220. The van der Waals surface area contributed by atoms with Gasteiger partial charge in [0.15, 0.2) is 6.61 Å². The first-order valence-corrected chi connectivity index (χ1v) is 10.8. The van der Waals surface area contributed by atoms with E-state index in [1.54, 1.807) is 36.4 Å². The lowest BCUT2D eigenvalue weighted by Gasteiger charge is -2.09. The van der Waals surface area contributed by atoms with Crippen LogP contribution in [0.15, 0.2) is 77.9 Å². The van der Waals surface area contributed by atoms with Crippen LogP contribution >= 0.6 is 23.2 Å². The molecule has 0 aromatic heterocycles. The number of hydrogen-bond donors (Lipinski definition) is 3. The van der Waals surface area contributed by atoms with Crippen molar-refractivity contribution >= 4 is 52.8 Å². The van der Waals surface area contributed by atoms with Gasteiger partial charge in [-0.05, 0) is 41.5 Å². The zero-order chi connectivity index (χ0) is 24.3. The molecule has 34 heavy (non-hydrogen) atoms. The van der Waals surface area contributed by atoms with Crippen molar-refractivity contribution in [3.8, 4) is 5.75 Å². The summed E-state index contributed by atoms with van der Waals surface area (Å²) in [5.41, 5.74) is 4.04. The van der Waals surface area contributed by atoms with Crippen LogP contribution in [0.25, 0.3) is 0 Å². The lowest BCUT2D eigenvalue weighted by Crippen LogP contribution is -2.37. The van der Waals surface area contributed by atoms with Gasteiger partial charge in [-0.25, -0.2) is 5.43 Å². The average Bonchev–Trinajstić information content (AvgIpc) is 2.84. The summed E-state index contributed by atoms with van der Waals surface area (Å²) in [6.07, 6.45) is 1.35. The second-order valence-corrected chi connectivity index (χ2v) is 7.74. The Morgan fingerprint density at radius 1 is 0.912 bits per heavy atom. The zero-order valence-electron chi connectivity index (χ0n) is 17.8. The molecule has 3 N–H and O–H groups in total. The van der Waals surface area contributed by atoms with Crippen LogP contribution in [-0.4, -0.2) is 30.5 Å². The molecule has 0 aliphatic rings. The van der Waals surface area contributed by atoms with Crippen molar-refractivity contribution in [2.45, 2.75) is 6.54 Å². The van der Waals surface area contributed by atoms with Crippen LogP contribution in [0, 0.1) is 0 Å². The molecular formula is C24H20Cl2N4O4. The van der Waals surface area contributed by atoms with Crippen LogP contribution in [-0.2, 0) is 20.9 Å². The molecule has 0 spiro atoms. The normalized spacial score (nSPS) is 10.5. The standard InChI is InChI=1S/C24H20Cl2N4O4/c25-18-9-10-21(20(26)12-18)29-22(31)15-34-19-8-4-7-17(11-19)14-28-30-24(33)23(32)27-13-16-5-2-1-3-6-16/h1-12,14H,13,15H2,(H,27,32)(H,29,31)(H,30,33)/b28-14-. The Labute approximate surface area is 205 Å². The topological polar surface area (TPSA) is 109 Å². The van der Waals surface area contributed by atoms with Crippen LogP contribution in [0.5, 0.6) is 5.75 Å². The number of ether oxygens (including phenoxy) is 1. The lowest BCUT2D eigenvalue weighted by atomic mass is 10.2. The first kappa shape index (κ1) is 24.8. The van der Waals surface area contributed by atoms with Crippen LogP contribution in [0.2, 0.25) is 10.0 Å². The summed E-state index contributed by atoms with van der Waals surface area (Å²) < 4.78 is 5.49. The van der Waals surface area contributed by atoms with Gasteiger partial charge in [0.1, 0.15) is 5.75 Å². The molecule has 3 rings (SSSR count). The molecule has 8 nitrogen and oxygen atoms in total. The average molecular weight is 499 g/mol. The number of hydrogen-bond acceptors (Lipinski definition) is 5. The molecule has 0 aliphatic carbocycles. The summed E-state index contributed by atoms with van der Waals surface area (Å²) in [6, 6.07) is 20.6. The largest absolute Gasteiger partial charge is 0.484 e. The molecule has 3 amide bonds. The van der Waals surface area contributed by atoms with Crippen molar-refractivity contribution in [1.82, 2.24) is 10.7 Å². The van der Waals surface area contributed by atoms with E-state index in [-0.39, 0.29) is 13.2 Å². The maximum Gasteiger partial charge on any atom is 0.329 e. The highest BCUT2D eigenvalue weighted by molar-refractivity contribution is 6.36. The predicted octanol–water partition coefficient (Wildman–Crippen LogP) is 3.78. The molecule has 0 radical (unpaired) electrons. The molecule has 0 saturated carbocycles. The van der Waals surface area contributed by atoms with Crippen LogP contribution in [0.4, 0.5) is 5.69 Å². The molecule has 0 heterocycles. The SMILES string of the molecule is O=C(COc1cccc(/C=N\NC(=O)C(=O)NCc2ccccc2)c1)Nc1ccc(Cl)cc1Cl. The first-order valence-electron chi connectivity index (χ1n) is 10.0. The Kier molecular flexibility index (Phi) is 9.02.